The van der Waals surface area contributed by atoms with Crippen LogP contribution >= 0.6 is 0 Å². The highest BCUT2D eigenvalue weighted by Crippen LogP contribution is 2.12. The standard InChI is InChI=1S/C11H7F2NO/c12-9-3-8(4-10(13)5-9)11(15)7-1-2-14-6-7/h1-6,14H. The van der Waals surface area contributed by atoms with Crippen molar-refractivity contribution >= 4 is 5.78 Å². The van der Waals surface area contributed by atoms with Crippen molar-refractivity contribution in [1.82, 2.24) is 4.98 Å². The molecule has 0 spiro atoms. The lowest BCUT2D eigenvalue weighted by atomic mass is 10.1. The second-order valence-electron chi connectivity index (χ2n) is 3.09. The third-order valence-electron chi connectivity index (χ3n) is 1.98. The number of halogens is 2. The Bertz CT molecular complexity index is 471. The minimum absolute atomic E-state index is 0.00657. The summed E-state index contributed by atoms with van der Waals surface area (Å²) in [5.74, 6) is -1.92. The minimum atomic E-state index is -0.756. The molecule has 1 N–H and O–H groups in total. The summed E-state index contributed by atoms with van der Waals surface area (Å²) in [6, 6.07) is 4.30. The molecule has 0 aliphatic heterocycles. The van der Waals surface area contributed by atoms with Gasteiger partial charge in [0.05, 0.1) is 0 Å². The summed E-state index contributed by atoms with van der Waals surface area (Å²) in [6.45, 7) is 0. The first-order chi connectivity index (χ1) is 7.16. The van der Waals surface area contributed by atoms with Crippen LogP contribution in [0.25, 0.3) is 0 Å². The lowest BCUT2D eigenvalue weighted by Crippen LogP contribution is -2.01. The van der Waals surface area contributed by atoms with Crippen LogP contribution in [-0.4, -0.2) is 10.8 Å². The van der Waals surface area contributed by atoms with E-state index in [2.05, 4.69) is 4.98 Å². The number of benzene rings is 1. The number of hydrogen-bond acceptors (Lipinski definition) is 1. The third kappa shape index (κ3) is 1.93. The molecule has 0 amide bonds. The second kappa shape index (κ2) is 3.65. The fourth-order valence-corrected chi connectivity index (χ4v) is 1.32. The molecule has 2 nitrogen and oxygen atoms in total. The summed E-state index contributed by atoms with van der Waals surface area (Å²) in [6.07, 6.45) is 3.05. The number of rotatable bonds is 2. The highest BCUT2D eigenvalue weighted by atomic mass is 19.1. The van der Waals surface area contributed by atoms with Gasteiger partial charge in [-0.15, -0.1) is 0 Å². The molecule has 1 aromatic heterocycles. The van der Waals surface area contributed by atoms with Crippen LogP contribution in [0.3, 0.4) is 0 Å². The Labute approximate surface area is 84.6 Å². The smallest absolute Gasteiger partial charge is 0.194 e. The van der Waals surface area contributed by atoms with Crippen LogP contribution < -0.4 is 0 Å². The van der Waals surface area contributed by atoms with Crippen molar-refractivity contribution < 1.29 is 13.6 Å². The van der Waals surface area contributed by atoms with Crippen LogP contribution in [0.15, 0.2) is 36.7 Å². The largest absolute Gasteiger partial charge is 0.367 e. The number of aromatic amines is 1. The topological polar surface area (TPSA) is 32.9 Å². The van der Waals surface area contributed by atoms with Crippen molar-refractivity contribution in [3.8, 4) is 0 Å². The number of aromatic nitrogens is 1. The molecule has 0 fully saturated rings. The Hall–Kier alpha value is -1.97. The summed E-state index contributed by atoms with van der Waals surface area (Å²) in [7, 11) is 0. The van der Waals surface area contributed by atoms with E-state index in [1.54, 1.807) is 12.3 Å². The molecule has 0 saturated carbocycles. The normalized spacial score (nSPS) is 10.3. The summed E-state index contributed by atoms with van der Waals surface area (Å²) in [5, 5.41) is 0. The first-order valence-corrected chi connectivity index (χ1v) is 4.30. The van der Waals surface area contributed by atoms with E-state index in [-0.39, 0.29) is 5.56 Å². The van der Waals surface area contributed by atoms with E-state index in [0.717, 1.165) is 18.2 Å². The SMILES string of the molecule is O=C(c1cc[nH]c1)c1cc(F)cc(F)c1. The quantitative estimate of drug-likeness (QED) is 0.754. The molecule has 0 saturated heterocycles. The molecule has 4 heteroatoms. The lowest BCUT2D eigenvalue weighted by Gasteiger charge is -1.99. The zero-order chi connectivity index (χ0) is 10.8. The van der Waals surface area contributed by atoms with Crippen molar-refractivity contribution in [2.24, 2.45) is 0 Å². The summed E-state index contributed by atoms with van der Waals surface area (Å²) in [5.41, 5.74) is 0.382. The van der Waals surface area contributed by atoms with Crippen LogP contribution in [0.2, 0.25) is 0 Å². The molecule has 0 aliphatic rings. The first-order valence-electron chi connectivity index (χ1n) is 4.30. The molecule has 15 heavy (non-hydrogen) atoms. The molecule has 2 rings (SSSR count). The van der Waals surface area contributed by atoms with E-state index >= 15 is 0 Å². The predicted octanol–water partition coefficient (Wildman–Crippen LogP) is 2.52. The van der Waals surface area contributed by atoms with Crippen LogP contribution in [0.5, 0.6) is 0 Å². The maximum Gasteiger partial charge on any atom is 0.194 e. The Kier molecular flexibility index (Phi) is 2.33. The van der Waals surface area contributed by atoms with Gasteiger partial charge in [-0.1, -0.05) is 0 Å². The van der Waals surface area contributed by atoms with Gasteiger partial charge in [0, 0.05) is 29.6 Å². The van der Waals surface area contributed by atoms with Crippen LogP contribution in [0.4, 0.5) is 8.78 Å². The highest BCUT2D eigenvalue weighted by molar-refractivity contribution is 6.08. The number of nitrogens with one attached hydrogen (secondary N) is 1. The van der Waals surface area contributed by atoms with Crippen LogP contribution in [0, 0.1) is 11.6 Å². The molecule has 1 heterocycles. The van der Waals surface area contributed by atoms with E-state index in [4.69, 9.17) is 0 Å². The molecule has 0 aliphatic carbocycles. The number of ketones is 1. The minimum Gasteiger partial charge on any atom is -0.367 e. The number of carbonyl (C=O) groups excluding carboxylic acids is 1. The lowest BCUT2D eigenvalue weighted by molar-refractivity contribution is 0.103. The average Bonchev–Trinajstić information content (AvgIpc) is 2.67. The van der Waals surface area contributed by atoms with Crippen molar-refractivity contribution in [2.45, 2.75) is 0 Å². The zero-order valence-electron chi connectivity index (χ0n) is 7.63. The monoisotopic (exact) mass is 207 g/mol. The number of hydrogen-bond donors (Lipinski definition) is 1. The van der Waals surface area contributed by atoms with Gasteiger partial charge in [-0.25, -0.2) is 8.78 Å². The average molecular weight is 207 g/mol. The Morgan fingerprint density at radius 1 is 1.07 bits per heavy atom. The van der Waals surface area contributed by atoms with Crippen LogP contribution in [-0.2, 0) is 0 Å². The number of carbonyl (C=O) groups is 1. The van der Waals surface area contributed by atoms with Gasteiger partial charge in [0.15, 0.2) is 5.78 Å². The van der Waals surface area contributed by atoms with Gasteiger partial charge in [0.1, 0.15) is 11.6 Å². The summed E-state index contributed by atoms with van der Waals surface area (Å²) in [4.78, 5) is 14.4. The molecule has 2 aromatic rings. The Morgan fingerprint density at radius 2 is 1.73 bits per heavy atom. The van der Waals surface area contributed by atoms with Crippen LogP contribution in [0.1, 0.15) is 15.9 Å². The van der Waals surface area contributed by atoms with Gasteiger partial charge in [0.25, 0.3) is 0 Å². The fourth-order valence-electron chi connectivity index (χ4n) is 1.32. The van der Waals surface area contributed by atoms with E-state index < -0.39 is 17.4 Å². The Balaban J connectivity index is 2.42. The van der Waals surface area contributed by atoms with E-state index in [1.807, 2.05) is 0 Å². The number of H-pyrrole nitrogens is 1. The third-order valence-corrected chi connectivity index (χ3v) is 1.98. The zero-order valence-corrected chi connectivity index (χ0v) is 7.63. The first kappa shape index (κ1) is 9.58. The van der Waals surface area contributed by atoms with Gasteiger partial charge in [-0.3, -0.25) is 4.79 Å². The molecule has 76 valence electrons. The van der Waals surface area contributed by atoms with Gasteiger partial charge in [-0.05, 0) is 18.2 Å². The van der Waals surface area contributed by atoms with Crippen molar-refractivity contribution in [3.05, 3.63) is 59.4 Å². The molecule has 0 atom stereocenters. The van der Waals surface area contributed by atoms with Crippen molar-refractivity contribution in [1.29, 1.82) is 0 Å². The summed E-state index contributed by atoms with van der Waals surface area (Å²) >= 11 is 0. The molecule has 0 bridgehead atoms. The molecule has 0 radical (unpaired) electrons. The molecule has 0 unspecified atom stereocenters. The second-order valence-corrected chi connectivity index (χ2v) is 3.09. The molecular formula is C11H7F2NO. The van der Waals surface area contributed by atoms with Gasteiger partial charge < -0.3 is 4.98 Å². The Morgan fingerprint density at radius 3 is 2.27 bits per heavy atom. The highest BCUT2D eigenvalue weighted by Gasteiger charge is 2.11. The molecular weight excluding hydrogens is 200 g/mol. The maximum atomic E-state index is 12.8. The van der Waals surface area contributed by atoms with Gasteiger partial charge in [0.2, 0.25) is 0 Å². The fraction of sp³-hybridized carbons (Fsp3) is 0. The maximum absolute atomic E-state index is 12.8. The van der Waals surface area contributed by atoms with Crippen molar-refractivity contribution in [2.75, 3.05) is 0 Å². The van der Waals surface area contributed by atoms with Gasteiger partial charge >= 0.3 is 0 Å². The summed E-state index contributed by atoms with van der Waals surface area (Å²) < 4.78 is 25.7. The van der Waals surface area contributed by atoms with E-state index in [9.17, 15) is 13.6 Å². The van der Waals surface area contributed by atoms with E-state index in [1.165, 1.54) is 6.20 Å². The predicted molar refractivity (Wildman–Crippen MR) is 50.6 cm³/mol. The van der Waals surface area contributed by atoms with Crippen molar-refractivity contribution in [3.63, 3.8) is 0 Å². The molecule has 1 aromatic carbocycles. The van der Waals surface area contributed by atoms with Gasteiger partial charge in [-0.2, -0.15) is 0 Å². The van der Waals surface area contributed by atoms with E-state index in [0.29, 0.717) is 5.56 Å².